The van der Waals surface area contributed by atoms with Gasteiger partial charge in [0, 0.05) is 4.88 Å². The Bertz CT molecular complexity index is 441. The number of alkyl halides is 3. The molecule has 0 aliphatic heterocycles. The van der Waals surface area contributed by atoms with Crippen molar-refractivity contribution in [2.75, 3.05) is 0 Å². The lowest BCUT2D eigenvalue weighted by molar-refractivity contribution is -0.139. The van der Waals surface area contributed by atoms with Gasteiger partial charge >= 0.3 is 12.1 Å². The molecule has 0 saturated carbocycles. The standard InChI is InChI=1S/C10H10F3NO2S/c11-10(12,13)4-7-14-8-5(9(15)16)2-1-3-6(8)17-7/h5H,1-4H2,(H,15,16). The van der Waals surface area contributed by atoms with E-state index in [0.29, 0.717) is 29.8 Å². The number of carboxylic acid groups (broad SMARTS) is 1. The van der Waals surface area contributed by atoms with Crippen LogP contribution in [0.2, 0.25) is 0 Å². The van der Waals surface area contributed by atoms with Crippen LogP contribution in [-0.4, -0.2) is 22.2 Å². The molecule has 1 aromatic heterocycles. The maximum absolute atomic E-state index is 12.2. The number of fused-ring (bicyclic) bond motifs is 1. The molecule has 0 bridgehead atoms. The van der Waals surface area contributed by atoms with Gasteiger partial charge in [-0.1, -0.05) is 0 Å². The van der Waals surface area contributed by atoms with Gasteiger partial charge in [-0.2, -0.15) is 13.2 Å². The lowest BCUT2D eigenvalue weighted by Gasteiger charge is -2.16. The minimum absolute atomic E-state index is 0.0318. The summed E-state index contributed by atoms with van der Waals surface area (Å²) >= 11 is 0.989. The number of thiazole rings is 1. The first-order chi connectivity index (χ1) is 7.87. The van der Waals surface area contributed by atoms with Crippen molar-refractivity contribution in [3.63, 3.8) is 0 Å². The molecule has 1 aromatic rings. The molecule has 1 aliphatic carbocycles. The van der Waals surface area contributed by atoms with Gasteiger partial charge in [0.1, 0.15) is 5.01 Å². The number of carbonyl (C=O) groups is 1. The summed E-state index contributed by atoms with van der Waals surface area (Å²) < 4.78 is 36.6. The highest BCUT2D eigenvalue weighted by Gasteiger charge is 2.34. The van der Waals surface area contributed by atoms with Crippen LogP contribution in [0.15, 0.2) is 0 Å². The van der Waals surface area contributed by atoms with Gasteiger partial charge in [0.15, 0.2) is 0 Å². The SMILES string of the molecule is O=C(O)C1CCCc2sc(CC(F)(F)F)nc21. The van der Waals surface area contributed by atoms with Gasteiger partial charge in [-0.3, -0.25) is 4.79 Å². The van der Waals surface area contributed by atoms with Crippen LogP contribution in [0.25, 0.3) is 0 Å². The van der Waals surface area contributed by atoms with Crippen molar-refractivity contribution in [2.24, 2.45) is 0 Å². The number of nitrogens with zero attached hydrogens (tertiary/aromatic N) is 1. The molecule has 3 nitrogen and oxygen atoms in total. The zero-order chi connectivity index (χ0) is 12.6. The van der Waals surface area contributed by atoms with Crippen LogP contribution in [-0.2, 0) is 17.6 Å². The van der Waals surface area contributed by atoms with Crippen molar-refractivity contribution in [1.82, 2.24) is 4.98 Å². The largest absolute Gasteiger partial charge is 0.481 e. The van der Waals surface area contributed by atoms with E-state index < -0.39 is 24.5 Å². The minimum atomic E-state index is -4.29. The highest BCUT2D eigenvalue weighted by molar-refractivity contribution is 7.11. The molecule has 0 fully saturated rings. The zero-order valence-corrected chi connectivity index (χ0v) is 9.57. The van der Waals surface area contributed by atoms with Crippen LogP contribution in [0.3, 0.4) is 0 Å². The Kier molecular flexibility index (Phi) is 3.11. The molecule has 1 unspecified atom stereocenters. The van der Waals surface area contributed by atoms with Crippen molar-refractivity contribution in [1.29, 1.82) is 0 Å². The van der Waals surface area contributed by atoms with Gasteiger partial charge in [-0.25, -0.2) is 4.98 Å². The van der Waals surface area contributed by atoms with Crippen molar-refractivity contribution < 1.29 is 23.1 Å². The van der Waals surface area contributed by atoms with Crippen LogP contribution >= 0.6 is 11.3 Å². The summed E-state index contributed by atoms with van der Waals surface area (Å²) in [5, 5.41) is 8.94. The van der Waals surface area contributed by atoms with E-state index in [1.54, 1.807) is 0 Å². The van der Waals surface area contributed by atoms with Crippen LogP contribution < -0.4 is 0 Å². The molecule has 94 valence electrons. The topological polar surface area (TPSA) is 50.2 Å². The van der Waals surface area contributed by atoms with Gasteiger partial charge in [-0.05, 0) is 19.3 Å². The Morgan fingerprint density at radius 2 is 2.24 bits per heavy atom. The monoisotopic (exact) mass is 265 g/mol. The Labute approximate surface area is 99.3 Å². The quantitative estimate of drug-likeness (QED) is 0.894. The molecule has 0 saturated heterocycles. The van der Waals surface area contributed by atoms with Gasteiger partial charge < -0.3 is 5.11 Å². The van der Waals surface area contributed by atoms with E-state index in [4.69, 9.17) is 5.11 Å². The summed E-state index contributed by atoms with van der Waals surface area (Å²) in [6.07, 6.45) is -3.58. The smallest absolute Gasteiger partial charge is 0.395 e. The summed E-state index contributed by atoms with van der Waals surface area (Å²) in [5.74, 6) is -1.74. The molecule has 1 N–H and O–H groups in total. The molecule has 2 rings (SSSR count). The van der Waals surface area contributed by atoms with Gasteiger partial charge in [0.25, 0.3) is 0 Å². The van der Waals surface area contributed by atoms with Gasteiger partial charge in [0.2, 0.25) is 0 Å². The second-order valence-electron chi connectivity index (χ2n) is 3.99. The third-order valence-corrected chi connectivity index (χ3v) is 3.78. The van der Waals surface area contributed by atoms with Crippen LogP contribution in [0.4, 0.5) is 13.2 Å². The Morgan fingerprint density at radius 1 is 1.53 bits per heavy atom. The summed E-state index contributed by atoms with van der Waals surface area (Å²) in [6.45, 7) is 0. The lowest BCUT2D eigenvalue weighted by atomic mass is 9.91. The van der Waals surface area contributed by atoms with Crippen molar-refractivity contribution in [2.45, 2.75) is 37.8 Å². The molecular formula is C10H10F3NO2S. The molecule has 0 spiro atoms. The first-order valence-corrected chi connectivity index (χ1v) is 5.96. The Balaban J connectivity index is 2.28. The van der Waals surface area contributed by atoms with Crippen LogP contribution in [0.1, 0.15) is 34.3 Å². The molecule has 1 aliphatic rings. The third-order valence-electron chi connectivity index (χ3n) is 2.65. The lowest BCUT2D eigenvalue weighted by Crippen LogP contribution is -2.17. The van der Waals surface area contributed by atoms with E-state index in [0.717, 1.165) is 11.3 Å². The second-order valence-corrected chi connectivity index (χ2v) is 5.16. The highest BCUT2D eigenvalue weighted by atomic mass is 32.1. The normalized spacial score (nSPS) is 20.1. The highest BCUT2D eigenvalue weighted by Crippen LogP contribution is 2.36. The zero-order valence-electron chi connectivity index (χ0n) is 8.75. The predicted octanol–water partition coefficient (Wildman–Crippen LogP) is 2.75. The number of hydrogen-bond donors (Lipinski definition) is 1. The first kappa shape index (κ1) is 12.3. The third kappa shape index (κ3) is 2.77. The predicted molar refractivity (Wildman–Crippen MR) is 55.2 cm³/mol. The summed E-state index contributed by atoms with van der Waals surface area (Å²) in [4.78, 5) is 15.5. The number of rotatable bonds is 2. The van der Waals surface area contributed by atoms with Crippen LogP contribution in [0.5, 0.6) is 0 Å². The van der Waals surface area contributed by atoms with E-state index in [1.165, 1.54) is 0 Å². The first-order valence-electron chi connectivity index (χ1n) is 5.15. The molecular weight excluding hydrogens is 255 g/mol. The van der Waals surface area contributed by atoms with Gasteiger partial charge in [0.05, 0.1) is 18.0 Å². The second kappa shape index (κ2) is 4.29. The molecule has 0 amide bonds. The molecule has 17 heavy (non-hydrogen) atoms. The average Bonchev–Trinajstić information content (AvgIpc) is 2.55. The van der Waals surface area contributed by atoms with E-state index in [1.807, 2.05) is 0 Å². The Hall–Kier alpha value is -1.11. The molecule has 1 heterocycles. The molecule has 7 heteroatoms. The molecule has 0 aromatic carbocycles. The van der Waals surface area contributed by atoms with Crippen molar-refractivity contribution in [3.05, 3.63) is 15.6 Å². The van der Waals surface area contributed by atoms with Crippen molar-refractivity contribution in [3.8, 4) is 0 Å². The molecule has 1 atom stereocenters. The fourth-order valence-corrected chi connectivity index (χ4v) is 3.16. The number of halogens is 3. The van der Waals surface area contributed by atoms with Crippen LogP contribution in [0, 0.1) is 0 Å². The number of aromatic nitrogens is 1. The maximum atomic E-state index is 12.2. The number of aryl methyl sites for hydroxylation is 1. The number of aliphatic carboxylic acids is 1. The summed E-state index contributed by atoms with van der Waals surface area (Å²) in [5.41, 5.74) is 0.341. The number of carboxylic acids is 1. The summed E-state index contributed by atoms with van der Waals surface area (Å²) in [7, 11) is 0. The minimum Gasteiger partial charge on any atom is -0.481 e. The van der Waals surface area contributed by atoms with Gasteiger partial charge in [-0.15, -0.1) is 11.3 Å². The number of hydrogen-bond acceptors (Lipinski definition) is 3. The van der Waals surface area contributed by atoms with E-state index in [2.05, 4.69) is 4.98 Å². The fourth-order valence-electron chi connectivity index (χ4n) is 1.96. The fraction of sp³-hybridized carbons (Fsp3) is 0.600. The van der Waals surface area contributed by atoms with E-state index in [9.17, 15) is 18.0 Å². The maximum Gasteiger partial charge on any atom is 0.395 e. The Morgan fingerprint density at radius 3 is 2.82 bits per heavy atom. The summed E-state index contributed by atoms with van der Waals surface area (Å²) in [6, 6.07) is 0. The average molecular weight is 265 g/mol. The molecule has 0 radical (unpaired) electrons. The van der Waals surface area contributed by atoms with Crippen molar-refractivity contribution >= 4 is 17.3 Å². The van der Waals surface area contributed by atoms with E-state index >= 15 is 0 Å². The van der Waals surface area contributed by atoms with E-state index in [-0.39, 0.29) is 5.01 Å².